The molecule has 0 aliphatic rings. The van der Waals surface area contributed by atoms with Crippen LogP contribution in [0.2, 0.25) is 0 Å². The van der Waals surface area contributed by atoms with Gasteiger partial charge in [-0.25, -0.2) is 0 Å². The van der Waals surface area contributed by atoms with Crippen molar-refractivity contribution >= 4 is 22.9 Å². The molecule has 2 nitrogen and oxygen atoms in total. The van der Waals surface area contributed by atoms with Crippen LogP contribution in [0, 0.1) is 12.8 Å². The number of para-hydroxylation sites is 1. The molecule has 1 aromatic carbocycles. The Kier molecular flexibility index (Phi) is 5.17. The topological polar surface area (TPSA) is 29.3 Å². The number of rotatable bonds is 5. The molecule has 0 amide bonds. The molecule has 6 heteroatoms. The Labute approximate surface area is 116 Å². The highest BCUT2D eigenvalue weighted by molar-refractivity contribution is 7.80. The fourth-order valence-electron chi connectivity index (χ4n) is 1.89. The average Bonchev–Trinajstić information content (AvgIpc) is 2.29. The molecule has 106 valence electrons. The normalized spacial score (nSPS) is 13.1. The van der Waals surface area contributed by atoms with Gasteiger partial charge in [0.2, 0.25) is 0 Å². The molecule has 0 saturated heterocycles. The van der Waals surface area contributed by atoms with Crippen LogP contribution >= 0.6 is 12.2 Å². The van der Waals surface area contributed by atoms with Crippen molar-refractivity contribution in [3.8, 4) is 0 Å². The molecular formula is C13H17F3N2S. The molecule has 19 heavy (non-hydrogen) atoms. The van der Waals surface area contributed by atoms with Crippen LogP contribution in [0.25, 0.3) is 0 Å². The average molecular weight is 290 g/mol. The van der Waals surface area contributed by atoms with Gasteiger partial charge in [-0.2, -0.15) is 13.2 Å². The lowest BCUT2D eigenvalue weighted by Crippen LogP contribution is -2.43. The molecule has 0 radical (unpaired) electrons. The van der Waals surface area contributed by atoms with Crippen LogP contribution in [0.1, 0.15) is 12.5 Å². The molecule has 1 aromatic rings. The Balaban J connectivity index is 2.99. The third kappa shape index (κ3) is 4.09. The first-order valence-corrected chi connectivity index (χ1v) is 6.34. The lowest BCUT2D eigenvalue weighted by molar-refractivity contribution is -0.152. The lowest BCUT2D eigenvalue weighted by Gasteiger charge is -2.30. The van der Waals surface area contributed by atoms with E-state index in [0.29, 0.717) is 6.54 Å². The molecule has 0 aliphatic carbocycles. The van der Waals surface area contributed by atoms with E-state index in [4.69, 9.17) is 5.73 Å². The molecule has 1 atom stereocenters. The highest BCUT2D eigenvalue weighted by Crippen LogP contribution is 2.29. The van der Waals surface area contributed by atoms with E-state index >= 15 is 0 Å². The van der Waals surface area contributed by atoms with E-state index in [-0.39, 0.29) is 6.54 Å². The van der Waals surface area contributed by atoms with Crippen molar-refractivity contribution in [3.05, 3.63) is 29.8 Å². The van der Waals surface area contributed by atoms with Crippen molar-refractivity contribution in [2.24, 2.45) is 11.7 Å². The van der Waals surface area contributed by atoms with Crippen molar-refractivity contribution < 1.29 is 13.2 Å². The van der Waals surface area contributed by atoms with E-state index in [1.165, 1.54) is 0 Å². The number of anilines is 1. The Hall–Kier alpha value is -1.30. The molecule has 0 bridgehead atoms. The van der Waals surface area contributed by atoms with E-state index in [1.807, 2.05) is 19.1 Å². The zero-order valence-electron chi connectivity index (χ0n) is 10.9. The van der Waals surface area contributed by atoms with Crippen molar-refractivity contribution in [1.82, 2.24) is 0 Å². The lowest BCUT2D eigenvalue weighted by atomic mass is 10.1. The third-order valence-electron chi connectivity index (χ3n) is 2.98. The molecule has 1 unspecified atom stereocenters. The Morgan fingerprint density at radius 3 is 2.37 bits per heavy atom. The summed E-state index contributed by atoms with van der Waals surface area (Å²) >= 11 is 4.55. The molecule has 0 fully saturated rings. The van der Waals surface area contributed by atoms with Crippen LogP contribution < -0.4 is 10.6 Å². The number of benzene rings is 1. The summed E-state index contributed by atoms with van der Waals surface area (Å²) < 4.78 is 38.7. The zero-order chi connectivity index (χ0) is 14.6. The number of nitrogens with zero attached hydrogens (tertiary/aromatic N) is 1. The first kappa shape index (κ1) is 15.8. The second-order valence-electron chi connectivity index (χ2n) is 4.32. The first-order chi connectivity index (χ1) is 8.77. The molecular weight excluding hydrogens is 273 g/mol. The van der Waals surface area contributed by atoms with E-state index < -0.39 is 17.1 Å². The molecule has 0 aliphatic heterocycles. The van der Waals surface area contributed by atoms with Crippen LogP contribution in [0.15, 0.2) is 24.3 Å². The minimum absolute atomic E-state index is 0.250. The van der Waals surface area contributed by atoms with Gasteiger partial charge in [0.25, 0.3) is 0 Å². The second-order valence-corrected chi connectivity index (χ2v) is 4.79. The van der Waals surface area contributed by atoms with Gasteiger partial charge in [-0.1, -0.05) is 30.4 Å². The zero-order valence-corrected chi connectivity index (χ0v) is 11.7. The van der Waals surface area contributed by atoms with Crippen molar-refractivity contribution in [2.45, 2.75) is 20.0 Å². The molecule has 0 aromatic heterocycles. The van der Waals surface area contributed by atoms with Crippen molar-refractivity contribution in [3.63, 3.8) is 0 Å². The smallest absolute Gasteiger partial charge is 0.393 e. The van der Waals surface area contributed by atoms with Crippen LogP contribution in [-0.2, 0) is 0 Å². The third-order valence-corrected chi connectivity index (χ3v) is 3.26. The molecule has 0 spiro atoms. The number of aryl methyl sites for hydroxylation is 1. The van der Waals surface area contributed by atoms with Gasteiger partial charge in [0, 0.05) is 18.8 Å². The maximum atomic E-state index is 12.9. The molecule has 0 heterocycles. The summed E-state index contributed by atoms with van der Waals surface area (Å²) in [6.45, 7) is 3.88. The van der Waals surface area contributed by atoms with Crippen LogP contribution in [-0.4, -0.2) is 24.3 Å². The number of hydrogen-bond donors (Lipinski definition) is 1. The number of alkyl halides is 3. The summed E-state index contributed by atoms with van der Waals surface area (Å²) in [4.78, 5) is 1.13. The van der Waals surface area contributed by atoms with Gasteiger partial charge in [-0.15, -0.1) is 0 Å². The summed E-state index contributed by atoms with van der Waals surface area (Å²) in [5.74, 6) is -1.79. The highest BCUT2D eigenvalue weighted by Gasteiger charge is 2.42. The predicted octanol–water partition coefficient (Wildman–Crippen LogP) is 3.29. The maximum absolute atomic E-state index is 12.9. The van der Waals surface area contributed by atoms with Gasteiger partial charge in [-0.05, 0) is 25.5 Å². The van der Waals surface area contributed by atoms with Gasteiger partial charge in [0.1, 0.15) is 5.92 Å². The summed E-state index contributed by atoms with van der Waals surface area (Å²) in [5.41, 5.74) is 6.92. The summed E-state index contributed by atoms with van der Waals surface area (Å²) in [5, 5.41) is 0. The fraction of sp³-hybridized carbons (Fsp3) is 0.462. The van der Waals surface area contributed by atoms with Crippen LogP contribution in [0.3, 0.4) is 0 Å². The standard InChI is InChI=1S/C13H17F3N2S/c1-3-18(11-7-5-4-6-9(11)2)8-10(12(17)19)13(14,15)16/h4-7,10H,3,8H2,1-2H3,(H2,17,19). The second kappa shape index (κ2) is 6.23. The molecule has 0 saturated carbocycles. The Morgan fingerprint density at radius 2 is 1.95 bits per heavy atom. The summed E-state index contributed by atoms with van der Waals surface area (Å²) in [6, 6.07) is 7.31. The summed E-state index contributed by atoms with van der Waals surface area (Å²) in [6.07, 6.45) is -4.41. The molecule has 2 N–H and O–H groups in total. The van der Waals surface area contributed by atoms with Crippen molar-refractivity contribution in [1.29, 1.82) is 0 Å². The first-order valence-electron chi connectivity index (χ1n) is 5.94. The fourth-order valence-corrected chi connectivity index (χ4v) is 2.10. The minimum atomic E-state index is -4.41. The maximum Gasteiger partial charge on any atom is 0.399 e. The Morgan fingerprint density at radius 1 is 1.37 bits per heavy atom. The van der Waals surface area contributed by atoms with Crippen LogP contribution in [0.5, 0.6) is 0 Å². The van der Waals surface area contributed by atoms with Gasteiger partial charge < -0.3 is 10.6 Å². The monoisotopic (exact) mass is 290 g/mol. The van der Waals surface area contributed by atoms with E-state index in [0.717, 1.165) is 11.3 Å². The summed E-state index contributed by atoms with van der Waals surface area (Å²) in [7, 11) is 0. The number of nitrogens with two attached hydrogens (primary N) is 1. The van der Waals surface area contributed by atoms with Gasteiger partial charge in [-0.3, -0.25) is 0 Å². The van der Waals surface area contributed by atoms with Gasteiger partial charge in [0.15, 0.2) is 0 Å². The highest BCUT2D eigenvalue weighted by atomic mass is 32.1. The van der Waals surface area contributed by atoms with Crippen molar-refractivity contribution in [2.75, 3.05) is 18.0 Å². The Bertz CT molecular complexity index is 446. The van der Waals surface area contributed by atoms with E-state index in [2.05, 4.69) is 12.2 Å². The van der Waals surface area contributed by atoms with Gasteiger partial charge in [0.05, 0.1) is 4.99 Å². The largest absolute Gasteiger partial charge is 0.399 e. The minimum Gasteiger partial charge on any atom is -0.393 e. The van der Waals surface area contributed by atoms with E-state index in [1.54, 1.807) is 24.0 Å². The number of thiocarbonyl (C=S) groups is 1. The molecule has 1 rings (SSSR count). The van der Waals surface area contributed by atoms with Crippen LogP contribution in [0.4, 0.5) is 18.9 Å². The SMILES string of the molecule is CCN(CC(C(N)=S)C(F)(F)F)c1ccccc1C. The number of halogens is 3. The van der Waals surface area contributed by atoms with Gasteiger partial charge >= 0.3 is 6.18 Å². The number of hydrogen-bond acceptors (Lipinski definition) is 2. The van der Waals surface area contributed by atoms with E-state index in [9.17, 15) is 13.2 Å². The predicted molar refractivity (Wildman–Crippen MR) is 75.4 cm³/mol. The quantitative estimate of drug-likeness (QED) is 0.844.